The number of nitrogens with one attached hydrogen (secondary N) is 1. The molecule has 0 aliphatic carbocycles. The molecule has 1 amide bonds. The minimum atomic E-state index is -3.19. The highest BCUT2D eigenvalue weighted by Crippen LogP contribution is 2.21. The van der Waals surface area contributed by atoms with Crippen molar-refractivity contribution in [1.82, 2.24) is 24.6 Å². The van der Waals surface area contributed by atoms with Gasteiger partial charge in [-0.1, -0.05) is 18.6 Å². The predicted molar refractivity (Wildman–Crippen MR) is 94.3 cm³/mol. The van der Waals surface area contributed by atoms with Gasteiger partial charge >= 0.3 is 0 Å². The summed E-state index contributed by atoms with van der Waals surface area (Å²) in [7, 11) is -3.19. The Morgan fingerprint density at radius 2 is 1.92 bits per heavy atom. The number of hydrogen-bond donors (Lipinski definition) is 1. The van der Waals surface area contributed by atoms with Crippen LogP contribution in [-0.4, -0.2) is 59.0 Å². The van der Waals surface area contributed by atoms with Crippen LogP contribution in [0, 0.1) is 0 Å². The molecule has 2 aromatic rings. The van der Waals surface area contributed by atoms with Crippen LogP contribution in [0.15, 0.2) is 24.3 Å². The standard InChI is InChI=1S/C16H23N5O3S/c1-25(23,24)20-11-5-4-6-13(20)9-10-17-16(22)12-21-18-14-7-2-3-8-15(14)19-21/h2-3,7-8,13H,4-6,9-12H2,1H3,(H,17,22)/t13-/m0/s1. The Morgan fingerprint density at radius 1 is 1.24 bits per heavy atom. The normalized spacial score (nSPS) is 19.2. The zero-order valence-corrected chi connectivity index (χ0v) is 15.1. The number of fused-ring (bicyclic) bond motifs is 1. The van der Waals surface area contributed by atoms with Gasteiger partial charge in [-0.15, -0.1) is 0 Å². The van der Waals surface area contributed by atoms with Crippen LogP contribution in [0.1, 0.15) is 25.7 Å². The van der Waals surface area contributed by atoms with Gasteiger partial charge < -0.3 is 5.32 Å². The molecule has 0 saturated carbocycles. The van der Waals surface area contributed by atoms with Crippen molar-refractivity contribution in [3.05, 3.63) is 24.3 Å². The first kappa shape index (κ1) is 17.8. The van der Waals surface area contributed by atoms with Crippen molar-refractivity contribution >= 4 is 27.0 Å². The highest BCUT2D eigenvalue weighted by atomic mass is 32.2. The topological polar surface area (TPSA) is 97.2 Å². The molecule has 0 bridgehead atoms. The Kier molecular flexibility index (Phi) is 5.33. The highest BCUT2D eigenvalue weighted by Gasteiger charge is 2.28. The first-order valence-corrected chi connectivity index (χ1v) is 10.3. The maximum Gasteiger partial charge on any atom is 0.243 e. The van der Waals surface area contributed by atoms with Crippen molar-refractivity contribution in [2.24, 2.45) is 0 Å². The summed E-state index contributed by atoms with van der Waals surface area (Å²) < 4.78 is 25.2. The second-order valence-electron chi connectivity index (χ2n) is 6.38. The van der Waals surface area contributed by atoms with E-state index in [0.717, 1.165) is 30.3 Å². The minimum absolute atomic E-state index is 0.0329. The van der Waals surface area contributed by atoms with Crippen LogP contribution in [0.2, 0.25) is 0 Å². The fourth-order valence-corrected chi connectivity index (χ4v) is 4.45. The summed E-state index contributed by atoms with van der Waals surface area (Å²) in [5, 5.41) is 11.3. The lowest BCUT2D eigenvalue weighted by Gasteiger charge is -2.33. The van der Waals surface area contributed by atoms with Crippen molar-refractivity contribution in [2.45, 2.75) is 38.3 Å². The first-order valence-electron chi connectivity index (χ1n) is 8.47. The average Bonchev–Trinajstić information content (AvgIpc) is 2.96. The van der Waals surface area contributed by atoms with Gasteiger partial charge in [-0.2, -0.15) is 19.3 Å². The quantitative estimate of drug-likeness (QED) is 0.815. The number of nitrogens with zero attached hydrogens (tertiary/aromatic N) is 4. The third-order valence-corrected chi connectivity index (χ3v) is 5.74. The number of benzene rings is 1. The lowest BCUT2D eigenvalue weighted by Crippen LogP contribution is -2.44. The number of carbonyl (C=O) groups is 1. The van der Waals surface area contributed by atoms with Gasteiger partial charge in [0.25, 0.3) is 0 Å². The number of rotatable bonds is 6. The molecular weight excluding hydrogens is 342 g/mol. The van der Waals surface area contributed by atoms with Gasteiger partial charge in [0.05, 0.1) is 6.26 Å². The van der Waals surface area contributed by atoms with E-state index < -0.39 is 10.0 Å². The molecule has 9 heteroatoms. The molecule has 1 aromatic heterocycles. The second kappa shape index (κ2) is 7.49. The Morgan fingerprint density at radius 3 is 2.56 bits per heavy atom. The van der Waals surface area contributed by atoms with Crippen LogP contribution in [-0.2, 0) is 21.4 Å². The molecule has 1 aliphatic rings. The van der Waals surface area contributed by atoms with Gasteiger partial charge in [0.15, 0.2) is 0 Å². The van der Waals surface area contributed by atoms with Gasteiger partial charge in [-0.25, -0.2) is 8.42 Å². The monoisotopic (exact) mass is 365 g/mol. The number of carbonyl (C=O) groups excluding carboxylic acids is 1. The zero-order chi connectivity index (χ0) is 17.9. The van der Waals surface area contributed by atoms with E-state index in [-0.39, 0.29) is 18.5 Å². The number of sulfonamides is 1. The van der Waals surface area contributed by atoms with E-state index in [1.807, 2.05) is 24.3 Å². The van der Waals surface area contributed by atoms with E-state index >= 15 is 0 Å². The molecule has 1 atom stereocenters. The molecule has 3 rings (SSSR count). The van der Waals surface area contributed by atoms with E-state index in [4.69, 9.17) is 0 Å². The Bertz CT molecular complexity index is 815. The SMILES string of the molecule is CS(=O)(=O)N1CCCC[C@H]1CCNC(=O)Cn1nc2ccccc2n1. The van der Waals surface area contributed by atoms with Crippen molar-refractivity contribution in [1.29, 1.82) is 0 Å². The number of amides is 1. The molecule has 25 heavy (non-hydrogen) atoms. The molecule has 1 N–H and O–H groups in total. The fourth-order valence-electron chi connectivity index (χ4n) is 3.24. The largest absolute Gasteiger partial charge is 0.354 e. The molecule has 1 fully saturated rings. The van der Waals surface area contributed by atoms with E-state index in [9.17, 15) is 13.2 Å². The summed E-state index contributed by atoms with van der Waals surface area (Å²) >= 11 is 0. The maximum absolute atomic E-state index is 12.1. The summed E-state index contributed by atoms with van der Waals surface area (Å²) in [6.07, 6.45) is 4.63. The minimum Gasteiger partial charge on any atom is -0.354 e. The second-order valence-corrected chi connectivity index (χ2v) is 8.32. The van der Waals surface area contributed by atoms with E-state index in [1.54, 1.807) is 4.31 Å². The number of aromatic nitrogens is 3. The molecule has 1 saturated heterocycles. The van der Waals surface area contributed by atoms with E-state index in [2.05, 4.69) is 15.5 Å². The van der Waals surface area contributed by atoms with Crippen LogP contribution >= 0.6 is 0 Å². The Hall–Kier alpha value is -2.00. The van der Waals surface area contributed by atoms with Crippen molar-refractivity contribution in [3.8, 4) is 0 Å². The van der Waals surface area contributed by atoms with Crippen molar-refractivity contribution in [3.63, 3.8) is 0 Å². The summed E-state index contributed by atoms with van der Waals surface area (Å²) in [6, 6.07) is 7.41. The Labute approximate surface area is 147 Å². The van der Waals surface area contributed by atoms with Gasteiger partial charge in [-0.3, -0.25) is 4.79 Å². The smallest absolute Gasteiger partial charge is 0.243 e. The van der Waals surface area contributed by atoms with E-state index in [1.165, 1.54) is 11.1 Å². The van der Waals surface area contributed by atoms with Gasteiger partial charge in [0.2, 0.25) is 15.9 Å². The van der Waals surface area contributed by atoms with E-state index in [0.29, 0.717) is 19.5 Å². The third-order valence-electron chi connectivity index (χ3n) is 4.41. The predicted octanol–water partition coefficient (Wildman–Crippen LogP) is 0.752. The van der Waals surface area contributed by atoms with Crippen LogP contribution in [0.25, 0.3) is 11.0 Å². The first-order chi connectivity index (χ1) is 11.9. The Balaban J connectivity index is 1.50. The van der Waals surface area contributed by atoms with Crippen LogP contribution in [0.5, 0.6) is 0 Å². The molecule has 136 valence electrons. The summed E-state index contributed by atoms with van der Waals surface area (Å²) in [5.74, 6) is -0.179. The fraction of sp³-hybridized carbons (Fsp3) is 0.562. The molecule has 0 radical (unpaired) electrons. The van der Waals surface area contributed by atoms with Gasteiger partial charge in [-0.05, 0) is 31.4 Å². The lowest BCUT2D eigenvalue weighted by atomic mass is 10.0. The summed E-state index contributed by atoms with van der Waals surface area (Å²) in [5.41, 5.74) is 1.50. The molecular formula is C16H23N5O3S. The summed E-state index contributed by atoms with van der Waals surface area (Å²) in [6.45, 7) is 1.06. The van der Waals surface area contributed by atoms with Crippen molar-refractivity contribution in [2.75, 3.05) is 19.3 Å². The van der Waals surface area contributed by atoms with Crippen LogP contribution in [0.4, 0.5) is 0 Å². The molecule has 1 aromatic carbocycles. The maximum atomic E-state index is 12.1. The number of hydrogen-bond acceptors (Lipinski definition) is 5. The molecule has 0 unspecified atom stereocenters. The average molecular weight is 365 g/mol. The van der Waals surface area contributed by atoms with Crippen LogP contribution < -0.4 is 5.32 Å². The van der Waals surface area contributed by atoms with Crippen molar-refractivity contribution < 1.29 is 13.2 Å². The lowest BCUT2D eigenvalue weighted by molar-refractivity contribution is -0.122. The van der Waals surface area contributed by atoms with Gasteiger partial charge in [0, 0.05) is 19.1 Å². The number of piperidine rings is 1. The summed E-state index contributed by atoms with van der Waals surface area (Å²) in [4.78, 5) is 13.4. The highest BCUT2D eigenvalue weighted by molar-refractivity contribution is 7.88. The van der Waals surface area contributed by atoms with Gasteiger partial charge in [0.1, 0.15) is 17.6 Å². The third kappa shape index (κ3) is 4.55. The van der Waals surface area contributed by atoms with Crippen LogP contribution in [0.3, 0.4) is 0 Å². The molecule has 8 nitrogen and oxygen atoms in total. The molecule has 2 heterocycles. The zero-order valence-electron chi connectivity index (χ0n) is 14.3. The molecule has 1 aliphatic heterocycles. The molecule has 0 spiro atoms.